The molecule has 1 aromatic carbocycles. The summed E-state index contributed by atoms with van der Waals surface area (Å²) in [6.07, 6.45) is 0. The van der Waals surface area contributed by atoms with Crippen LogP contribution in [-0.2, 0) is 19.6 Å². The normalized spacial score (nSPS) is 13.0. The highest BCUT2D eigenvalue weighted by Crippen LogP contribution is 2.16. The van der Waals surface area contributed by atoms with Gasteiger partial charge in [-0.3, -0.25) is 14.6 Å². The Hall–Kier alpha value is -2.67. The van der Waals surface area contributed by atoms with Crippen molar-refractivity contribution in [2.45, 2.75) is 19.6 Å². The van der Waals surface area contributed by atoms with Crippen LogP contribution in [0.4, 0.5) is 0 Å². The summed E-state index contributed by atoms with van der Waals surface area (Å²) in [6.45, 7) is 2.04. The van der Waals surface area contributed by atoms with Gasteiger partial charge in [0.25, 0.3) is 11.5 Å². The third-order valence-corrected chi connectivity index (χ3v) is 3.36. The lowest BCUT2D eigenvalue weighted by atomic mass is 10.1. The van der Waals surface area contributed by atoms with E-state index in [-0.39, 0.29) is 5.69 Å². The van der Waals surface area contributed by atoms with Crippen molar-refractivity contribution >= 4 is 5.91 Å². The van der Waals surface area contributed by atoms with E-state index < -0.39 is 17.2 Å². The van der Waals surface area contributed by atoms with Crippen molar-refractivity contribution in [3.05, 3.63) is 67.5 Å². The van der Waals surface area contributed by atoms with Crippen molar-refractivity contribution in [3.8, 4) is 0 Å². The standard InChI is InChI=1S/C14H14N4O3/c19-12-4-11(17-14(21)18-12)13(20)16-5-8-1-2-9-6-15-7-10(9)3-8/h1-4,15H,5-7H2,(H,16,20)(H2,17,18,19,21). The molecule has 0 saturated carbocycles. The topological polar surface area (TPSA) is 107 Å². The first-order chi connectivity index (χ1) is 10.1. The largest absolute Gasteiger partial charge is 0.347 e. The third kappa shape index (κ3) is 2.92. The van der Waals surface area contributed by atoms with Gasteiger partial charge in [-0.1, -0.05) is 18.2 Å². The molecule has 0 radical (unpaired) electrons. The molecule has 7 nitrogen and oxygen atoms in total. The Morgan fingerprint density at radius 1 is 1.10 bits per heavy atom. The van der Waals surface area contributed by atoms with Crippen LogP contribution >= 0.6 is 0 Å². The number of amides is 1. The molecule has 7 heteroatoms. The van der Waals surface area contributed by atoms with E-state index in [9.17, 15) is 14.4 Å². The van der Waals surface area contributed by atoms with Crippen LogP contribution in [0, 0.1) is 0 Å². The van der Waals surface area contributed by atoms with E-state index >= 15 is 0 Å². The summed E-state index contributed by atoms with van der Waals surface area (Å²) in [5, 5.41) is 5.93. The van der Waals surface area contributed by atoms with Gasteiger partial charge in [-0.25, -0.2) is 4.79 Å². The summed E-state index contributed by atoms with van der Waals surface area (Å²) < 4.78 is 0. The zero-order valence-electron chi connectivity index (χ0n) is 11.2. The number of hydrogen-bond acceptors (Lipinski definition) is 4. The van der Waals surface area contributed by atoms with E-state index in [4.69, 9.17) is 0 Å². The fraction of sp³-hybridized carbons (Fsp3) is 0.214. The second-order valence-electron chi connectivity index (χ2n) is 4.89. The van der Waals surface area contributed by atoms with E-state index in [1.165, 1.54) is 11.1 Å². The van der Waals surface area contributed by atoms with Crippen molar-refractivity contribution in [1.82, 2.24) is 20.6 Å². The number of aromatic nitrogens is 2. The van der Waals surface area contributed by atoms with Crippen LogP contribution in [0.1, 0.15) is 27.2 Å². The number of benzene rings is 1. The fourth-order valence-corrected chi connectivity index (χ4v) is 2.33. The molecule has 1 aromatic heterocycles. The van der Waals surface area contributed by atoms with E-state index in [1.807, 2.05) is 23.2 Å². The van der Waals surface area contributed by atoms with Crippen molar-refractivity contribution in [3.63, 3.8) is 0 Å². The zero-order chi connectivity index (χ0) is 14.8. The van der Waals surface area contributed by atoms with Crippen LogP contribution in [0.5, 0.6) is 0 Å². The number of hydrogen-bond donors (Lipinski definition) is 4. The van der Waals surface area contributed by atoms with Crippen molar-refractivity contribution in [1.29, 1.82) is 0 Å². The van der Waals surface area contributed by atoms with Gasteiger partial charge in [-0.05, 0) is 16.7 Å². The maximum Gasteiger partial charge on any atom is 0.326 e. The Bertz CT molecular complexity index is 778. The first-order valence-corrected chi connectivity index (χ1v) is 6.55. The van der Waals surface area contributed by atoms with E-state index in [2.05, 4.69) is 15.6 Å². The number of fused-ring (bicyclic) bond motifs is 1. The Balaban J connectivity index is 1.71. The molecule has 4 N–H and O–H groups in total. The second-order valence-corrected chi connectivity index (χ2v) is 4.89. The second kappa shape index (κ2) is 5.37. The summed E-state index contributed by atoms with van der Waals surface area (Å²) in [6, 6.07) is 7.08. The smallest absolute Gasteiger partial charge is 0.326 e. The number of carbonyl (C=O) groups excluding carboxylic acids is 1. The molecule has 0 saturated heterocycles. The van der Waals surface area contributed by atoms with Gasteiger partial charge >= 0.3 is 5.69 Å². The predicted molar refractivity (Wildman–Crippen MR) is 75.8 cm³/mol. The molecule has 0 unspecified atom stereocenters. The highest BCUT2D eigenvalue weighted by molar-refractivity contribution is 5.91. The highest BCUT2D eigenvalue weighted by atomic mass is 16.2. The Labute approximate surface area is 119 Å². The minimum Gasteiger partial charge on any atom is -0.347 e. The number of aromatic amines is 2. The van der Waals surface area contributed by atoms with Crippen molar-refractivity contribution < 1.29 is 4.79 Å². The molecular weight excluding hydrogens is 272 g/mol. The molecule has 0 aliphatic carbocycles. The summed E-state index contributed by atoms with van der Waals surface area (Å²) >= 11 is 0. The molecule has 108 valence electrons. The van der Waals surface area contributed by atoms with Gasteiger partial charge in [0, 0.05) is 25.7 Å². The number of rotatable bonds is 3. The van der Waals surface area contributed by atoms with Crippen LogP contribution in [0.2, 0.25) is 0 Å². The Morgan fingerprint density at radius 3 is 2.71 bits per heavy atom. The number of carbonyl (C=O) groups is 1. The molecule has 0 fully saturated rings. The molecule has 0 spiro atoms. The van der Waals surface area contributed by atoms with E-state index in [0.717, 1.165) is 24.7 Å². The molecule has 2 heterocycles. The molecule has 1 amide bonds. The molecule has 0 bridgehead atoms. The average Bonchev–Trinajstić information content (AvgIpc) is 2.91. The van der Waals surface area contributed by atoms with Crippen LogP contribution in [0.25, 0.3) is 0 Å². The monoisotopic (exact) mass is 286 g/mol. The minimum atomic E-state index is -0.698. The van der Waals surface area contributed by atoms with Gasteiger partial charge in [0.2, 0.25) is 0 Å². The lowest BCUT2D eigenvalue weighted by molar-refractivity contribution is 0.0945. The fourth-order valence-electron chi connectivity index (χ4n) is 2.33. The Morgan fingerprint density at radius 2 is 1.90 bits per heavy atom. The first-order valence-electron chi connectivity index (χ1n) is 6.55. The van der Waals surface area contributed by atoms with Crippen molar-refractivity contribution in [2.24, 2.45) is 0 Å². The van der Waals surface area contributed by atoms with Crippen LogP contribution in [0.3, 0.4) is 0 Å². The zero-order valence-corrected chi connectivity index (χ0v) is 11.2. The highest BCUT2D eigenvalue weighted by Gasteiger charge is 2.11. The molecule has 3 rings (SSSR count). The van der Waals surface area contributed by atoms with Gasteiger partial charge in [0.15, 0.2) is 0 Å². The Kier molecular flexibility index (Phi) is 3.41. The van der Waals surface area contributed by atoms with Gasteiger partial charge in [-0.2, -0.15) is 0 Å². The van der Waals surface area contributed by atoms with Crippen LogP contribution in [0.15, 0.2) is 33.9 Å². The predicted octanol–water partition coefficient (Wildman–Crippen LogP) is -0.404. The molecule has 1 aliphatic rings. The first kappa shape index (κ1) is 13.3. The number of H-pyrrole nitrogens is 2. The van der Waals surface area contributed by atoms with E-state index in [1.54, 1.807) is 0 Å². The summed E-state index contributed by atoms with van der Waals surface area (Å²) in [7, 11) is 0. The summed E-state index contributed by atoms with van der Waals surface area (Å²) in [4.78, 5) is 38.5. The van der Waals surface area contributed by atoms with Gasteiger partial charge < -0.3 is 15.6 Å². The lowest BCUT2D eigenvalue weighted by Gasteiger charge is -2.06. The lowest BCUT2D eigenvalue weighted by Crippen LogP contribution is -2.30. The summed E-state index contributed by atoms with van der Waals surface area (Å²) in [5.41, 5.74) is 2.11. The average molecular weight is 286 g/mol. The minimum absolute atomic E-state index is 0.0495. The van der Waals surface area contributed by atoms with Crippen LogP contribution < -0.4 is 21.9 Å². The maximum atomic E-state index is 11.9. The van der Waals surface area contributed by atoms with Gasteiger partial charge in [0.1, 0.15) is 5.69 Å². The molecule has 1 aliphatic heterocycles. The van der Waals surface area contributed by atoms with E-state index in [0.29, 0.717) is 6.54 Å². The molecule has 0 atom stereocenters. The quantitative estimate of drug-likeness (QED) is 0.615. The van der Waals surface area contributed by atoms with Crippen molar-refractivity contribution in [2.75, 3.05) is 0 Å². The molecule has 21 heavy (non-hydrogen) atoms. The summed E-state index contributed by atoms with van der Waals surface area (Å²) in [5.74, 6) is -0.489. The SMILES string of the molecule is O=C(NCc1ccc2c(c1)CNC2)c1cc(=O)[nH]c(=O)[nH]1. The van der Waals surface area contributed by atoms with Gasteiger partial charge in [0.05, 0.1) is 0 Å². The third-order valence-electron chi connectivity index (χ3n) is 3.36. The van der Waals surface area contributed by atoms with Crippen LogP contribution in [-0.4, -0.2) is 15.9 Å². The maximum absolute atomic E-state index is 11.9. The molecular formula is C14H14N4O3. The van der Waals surface area contributed by atoms with Gasteiger partial charge in [-0.15, -0.1) is 0 Å². The number of nitrogens with one attached hydrogen (secondary N) is 4. The molecule has 2 aromatic rings.